The monoisotopic (exact) mass is 270 g/mol. The first-order chi connectivity index (χ1) is 7.69. The van der Waals surface area contributed by atoms with Gasteiger partial charge in [-0.25, -0.2) is 0 Å². The van der Waals surface area contributed by atoms with Gasteiger partial charge in [-0.1, -0.05) is 0 Å². The largest absolute Gasteiger partial charge is 0.423 e. The van der Waals surface area contributed by atoms with Crippen LogP contribution in [0.4, 0.5) is 26.3 Å². The Morgan fingerprint density at radius 1 is 0.824 bits per heavy atom. The van der Waals surface area contributed by atoms with Crippen LogP contribution in [0.2, 0.25) is 0 Å². The van der Waals surface area contributed by atoms with Crippen molar-refractivity contribution in [3.63, 3.8) is 0 Å². The van der Waals surface area contributed by atoms with E-state index in [2.05, 4.69) is 14.2 Å². The lowest BCUT2D eigenvalue weighted by Gasteiger charge is -2.22. The highest BCUT2D eigenvalue weighted by atomic mass is 19.4. The van der Waals surface area contributed by atoms with Crippen LogP contribution in [0.1, 0.15) is 0 Å². The van der Waals surface area contributed by atoms with E-state index in [1.165, 1.54) is 7.11 Å². The van der Waals surface area contributed by atoms with E-state index in [0.717, 1.165) is 0 Å². The number of methoxy groups -OCH3 is 1. The number of rotatable bonds is 7. The van der Waals surface area contributed by atoms with Crippen molar-refractivity contribution in [2.24, 2.45) is 0 Å². The minimum Gasteiger partial charge on any atom is -0.382 e. The van der Waals surface area contributed by atoms with E-state index >= 15 is 0 Å². The average molecular weight is 270 g/mol. The van der Waals surface area contributed by atoms with Crippen LogP contribution in [0.15, 0.2) is 0 Å². The highest BCUT2D eigenvalue weighted by Crippen LogP contribution is 2.35. The molecule has 0 saturated carbocycles. The van der Waals surface area contributed by atoms with Crippen LogP contribution in [-0.2, 0) is 14.2 Å². The second kappa shape index (κ2) is 7.02. The van der Waals surface area contributed by atoms with Gasteiger partial charge in [0.15, 0.2) is 0 Å². The predicted octanol–water partition coefficient (Wildman–Crippen LogP) is 2.16. The maximum absolute atomic E-state index is 11.9. The van der Waals surface area contributed by atoms with Gasteiger partial charge in [0, 0.05) is 7.11 Å². The predicted molar refractivity (Wildman–Crippen MR) is 44.5 cm³/mol. The van der Waals surface area contributed by atoms with Crippen LogP contribution in [0.5, 0.6) is 0 Å². The zero-order chi connectivity index (χ0) is 13.5. The normalized spacial score (nSPS) is 13.4. The molecule has 0 N–H and O–H groups in total. The molecule has 0 bridgehead atoms. The molecule has 0 atom stereocenters. The molecule has 0 aliphatic carbocycles. The molecule has 104 valence electrons. The molecule has 0 aromatic heterocycles. The Hall–Kier alpha value is -0.540. The molecule has 17 heavy (non-hydrogen) atoms. The molecule has 0 aliphatic rings. The van der Waals surface area contributed by atoms with Crippen molar-refractivity contribution in [3.8, 4) is 0 Å². The van der Waals surface area contributed by atoms with Gasteiger partial charge in [0.2, 0.25) is 6.10 Å². The highest BCUT2D eigenvalue weighted by Gasteiger charge is 2.57. The molecule has 3 nitrogen and oxygen atoms in total. The first-order valence-corrected chi connectivity index (χ1v) is 4.51. The Balaban J connectivity index is 3.95. The summed E-state index contributed by atoms with van der Waals surface area (Å²) in [7, 11) is 1.38. The van der Waals surface area contributed by atoms with Gasteiger partial charge in [-0.2, -0.15) is 26.3 Å². The molecule has 0 spiro atoms. The smallest absolute Gasteiger partial charge is 0.382 e. The van der Waals surface area contributed by atoms with Crippen molar-refractivity contribution in [1.82, 2.24) is 0 Å². The molecule has 0 aliphatic heterocycles. The molecular weight excluding hydrogens is 258 g/mol. The third kappa shape index (κ3) is 7.40. The van der Waals surface area contributed by atoms with Crippen molar-refractivity contribution in [2.75, 3.05) is 33.5 Å². The Morgan fingerprint density at radius 2 is 1.29 bits per heavy atom. The summed E-state index contributed by atoms with van der Waals surface area (Å²) in [5, 5.41) is 0. The number of alkyl halides is 6. The van der Waals surface area contributed by atoms with Gasteiger partial charge in [0.25, 0.3) is 0 Å². The fourth-order valence-corrected chi connectivity index (χ4v) is 0.844. The number of hydrogen-bond acceptors (Lipinski definition) is 3. The molecule has 0 unspecified atom stereocenters. The summed E-state index contributed by atoms with van der Waals surface area (Å²) >= 11 is 0. The molecule has 0 aromatic carbocycles. The van der Waals surface area contributed by atoms with Crippen LogP contribution in [0.3, 0.4) is 0 Å². The Morgan fingerprint density at radius 3 is 1.71 bits per heavy atom. The zero-order valence-electron chi connectivity index (χ0n) is 8.90. The second-order valence-electron chi connectivity index (χ2n) is 2.94. The van der Waals surface area contributed by atoms with Gasteiger partial charge in [-0.15, -0.1) is 0 Å². The molecular formula is C8H12F6O3. The number of ether oxygens (including phenoxy) is 3. The molecule has 0 rings (SSSR count). The summed E-state index contributed by atoms with van der Waals surface area (Å²) in [5.74, 6) is 0. The molecule has 0 radical (unpaired) electrons. The summed E-state index contributed by atoms with van der Waals surface area (Å²) in [6.07, 6.45) is -14.7. The Kier molecular flexibility index (Phi) is 6.80. The second-order valence-corrected chi connectivity index (χ2v) is 2.94. The highest BCUT2D eigenvalue weighted by molar-refractivity contribution is 4.75. The fraction of sp³-hybridized carbons (Fsp3) is 1.00. The first kappa shape index (κ1) is 16.5. The van der Waals surface area contributed by atoms with E-state index in [0.29, 0.717) is 0 Å². The van der Waals surface area contributed by atoms with Crippen LogP contribution < -0.4 is 0 Å². The quantitative estimate of drug-likeness (QED) is 0.524. The van der Waals surface area contributed by atoms with Crippen LogP contribution >= 0.6 is 0 Å². The molecule has 0 heterocycles. The van der Waals surface area contributed by atoms with Crippen LogP contribution in [-0.4, -0.2) is 52.0 Å². The summed E-state index contributed by atoms with van der Waals surface area (Å²) in [6, 6.07) is 0. The first-order valence-electron chi connectivity index (χ1n) is 4.51. The van der Waals surface area contributed by atoms with Gasteiger partial charge < -0.3 is 14.2 Å². The van der Waals surface area contributed by atoms with Gasteiger partial charge in [0.1, 0.15) is 0 Å². The molecule has 0 aromatic rings. The van der Waals surface area contributed by atoms with Crippen molar-refractivity contribution in [1.29, 1.82) is 0 Å². The molecule has 0 amide bonds. The summed E-state index contributed by atoms with van der Waals surface area (Å²) in [5.41, 5.74) is 0. The van der Waals surface area contributed by atoms with Gasteiger partial charge in [0.05, 0.1) is 26.4 Å². The van der Waals surface area contributed by atoms with Crippen LogP contribution in [0, 0.1) is 0 Å². The summed E-state index contributed by atoms with van der Waals surface area (Å²) in [4.78, 5) is 0. The molecule has 0 saturated heterocycles. The van der Waals surface area contributed by atoms with E-state index in [9.17, 15) is 26.3 Å². The maximum atomic E-state index is 11.9. The molecule has 0 fully saturated rings. The topological polar surface area (TPSA) is 27.7 Å². The van der Waals surface area contributed by atoms with Crippen molar-refractivity contribution < 1.29 is 40.6 Å². The zero-order valence-corrected chi connectivity index (χ0v) is 8.90. The summed E-state index contributed by atoms with van der Waals surface area (Å²) in [6.45, 7) is -0.899. The van der Waals surface area contributed by atoms with Gasteiger partial charge >= 0.3 is 12.4 Å². The van der Waals surface area contributed by atoms with Gasteiger partial charge in [-0.05, 0) is 0 Å². The van der Waals surface area contributed by atoms with Gasteiger partial charge in [-0.3, -0.25) is 0 Å². The fourth-order valence-electron chi connectivity index (χ4n) is 0.844. The van der Waals surface area contributed by atoms with Crippen molar-refractivity contribution in [2.45, 2.75) is 18.5 Å². The standard InChI is InChI=1S/C8H12F6O3/c1-15-2-3-16-4-5-17-6(7(9,10)11)8(12,13)14/h6H,2-5H2,1H3. The van der Waals surface area contributed by atoms with E-state index in [4.69, 9.17) is 0 Å². The third-order valence-electron chi connectivity index (χ3n) is 1.54. The van der Waals surface area contributed by atoms with Crippen molar-refractivity contribution in [3.05, 3.63) is 0 Å². The average Bonchev–Trinajstić information content (AvgIpc) is 2.12. The van der Waals surface area contributed by atoms with Crippen molar-refractivity contribution >= 4 is 0 Å². The lowest BCUT2D eigenvalue weighted by atomic mass is 10.3. The SMILES string of the molecule is COCCOCCOC(C(F)(F)F)C(F)(F)F. The Labute approximate surface area is 93.6 Å². The van der Waals surface area contributed by atoms with E-state index in [1.807, 2.05) is 0 Å². The Bertz CT molecular complexity index is 188. The number of halogens is 6. The lowest BCUT2D eigenvalue weighted by Crippen LogP contribution is -2.44. The van der Waals surface area contributed by atoms with Crippen LogP contribution in [0.25, 0.3) is 0 Å². The summed E-state index contributed by atoms with van der Waals surface area (Å²) < 4.78 is 84.6. The number of hydrogen-bond donors (Lipinski definition) is 0. The molecule has 9 heteroatoms. The minimum absolute atomic E-state index is 0.0720. The maximum Gasteiger partial charge on any atom is 0.423 e. The van der Waals surface area contributed by atoms with E-state index < -0.39 is 25.1 Å². The minimum atomic E-state index is -5.48. The lowest BCUT2D eigenvalue weighted by molar-refractivity contribution is -0.323. The van der Waals surface area contributed by atoms with E-state index in [-0.39, 0.29) is 19.8 Å². The van der Waals surface area contributed by atoms with E-state index in [1.54, 1.807) is 0 Å². The third-order valence-corrected chi connectivity index (χ3v) is 1.54.